The third-order valence-electron chi connectivity index (χ3n) is 2.47. The SMILES string of the molecule is OCc1cc(-c2cccc(-n3cnnn3)c2)on1. The van der Waals surface area contributed by atoms with Crippen LogP contribution in [-0.2, 0) is 6.61 Å². The zero-order valence-corrected chi connectivity index (χ0v) is 9.26. The van der Waals surface area contributed by atoms with Gasteiger partial charge in [0.25, 0.3) is 0 Å². The molecule has 0 aliphatic carbocycles. The van der Waals surface area contributed by atoms with Crippen LogP contribution in [0.4, 0.5) is 0 Å². The molecule has 0 unspecified atom stereocenters. The summed E-state index contributed by atoms with van der Waals surface area (Å²) in [5.74, 6) is 0.592. The summed E-state index contributed by atoms with van der Waals surface area (Å²) in [6, 6.07) is 9.20. The lowest BCUT2D eigenvalue weighted by molar-refractivity contribution is 0.267. The molecule has 18 heavy (non-hydrogen) atoms. The number of hydrogen-bond donors (Lipinski definition) is 1. The molecule has 0 amide bonds. The minimum Gasteiger partial charge on any atom is -0.390 e. The Morgan fingerprint density at radius 2 is 2.22 bits per heavy atom. The predicted molar refractivity (Wildman–Crippen MR) is 60.6 cm³/mol. The van der Waals surface area contributed by atoms with E-state index in [0.717, 1.165) is 11.3 Å². The molecule has 0 saturated carbocycles. The first kappa shape index (κ1) is 10.6. The minimum absolute atomic E-state index is 0.143. The van der Waals surface area contributed by atoms with E-state index < -0.39 is 0 Å². The first-order chi connectivity index (χ1) is 8.86. The summed E-state index contributed by atoms with van der Waals surface area (Å²) < 4.78 is 6.69. The van der Waals surface area contributed by atoms with Gasteiger partial charge in [-0.05, 0) is 22.6 Å². The van der Waals surface area contributed by atoms with Crippen molar-refractivity contribution in [1.82, 2.24) is 25.4 Å². The number of nitrogens with zero attached hydrogens (tertiary/aromatic N) is 5. The lowest BCUT2D eigenvalue weighted by Gasteiger charge is -2.00. The smallest absolute Gasteiger partial charge is 0.167 e. The van der Waals surface area contributed by atoms with Gasteiger partial charge < -0.3 is 9.63 Å². The lowest BCUT2D eigenvalue weighted by Crippen LogP contribution is -1.94. The van der Waals surface area contributed by atoms with E-state index in [1.165, 1.54) is 6.33 Å². The second kappa shape index (κ2) is 4.38. The molecule has 2 heterocycles. The van der Waals surface area contributed by atoms with E-state index in [1.54, 1.807) is 10.7 Å². The van der Waals surface area contributed by atoms with Crippen molar-refractivity contribution in [3.8, 4) is 17.0 Å². The molecule has 7 nitrogen and oxygen atoms in total. The third-order valence-corrected chi connectivity index (χ3v) is 2.47. The monoisotopic (exact) mass is 243 g/mol. The van der Waals surface area contributed by atoms with E-state index >= 15 is 0 Å². The summed E-state index contributed by atoms with van der Waals surface area (Å²) in [7, 11) is 0. The van der Waals surface area contributed by atoms with Gasteiger partial charge in [0.1, 0.15) is 12.0 Å². The number of benzene rings is 1. The van der Waals surface area contributed by atoms with Gasteiger partial charge in [0.15, 0.2) is 5.76 Å². The summed E-state index contributed by atoms with van der Waals surface area (Å²) in [5, 5.41) is 23.7. The van der Waals surface area contributed by atoms with Crippen molar-refractivity contribution in [2.45, 2.75) is 6.61 Å². The summed E-state index contributed by atoms with van der Waals surface area (Å²) in [6.07, 6.45) is 1.51. The van der Waals surface area contributed by atoms with Crippen LogP contribution in [0.25, 0.3) is 17.0 Å². The van der Waals surface area contributed by atoms with E-state index in [1.807, 2.05) is 24.3 Å². The van der Waals surface area contributed by atoms with Crippen LogP contribution in [0.1, 0.15) is 5.69 Å². The van der Waals surface area contributed by atoms with Gasteiger partial charge in [-0.2, -0.15) is 0 Å². The molecule has 3 rings (SSSR count). The Bertz CT molecular complexity index is 647. The van der Waals surface area contributed by atoms with Gasteiger partial charge in [-0.25, -0.2) is 4.68 Å². The van der Waals surface area contributed by atoms with Gasteiger partial charge in [-0.1, -0.05) is 17.3 Å². The van der Waals surface area contributed by atoms with Crippen LogP contribution in [-0.4, -0.2) is 30.5 Å². The van der Waals surface area contributed by atoms with Gasteiger partial charge in [-0.3, -0.25) is 0 Å². The molecule has 0 aliphatic rings. The predicted octanol–water partition coefficient (Wildman–Crippen LogP) is 0.810. The van der Waals surface area contributed by atoms with E-state index in [-0.39, 0.29) is 6.61 Å². The van der Waals surface area contributed by atoms with Crippen LogP contribution < -0.4 is 0 Å². The van der Waals surface area contributed by atoms with Crippen molar-refractivity contribution in [2.24, 2.45) is 0 Å². The highest BCUT2D eigenvalue weighted by Crippen LogP contribution is 2.22. The van der Waals surface area contributed by atoms with Crippen LogP contribution in [0, 0.1) is 0 Å². The fourth-order valence-electron chi connectivity index (χ4n) is 1.60. The molecule has 90 valence electrons. The Kier molecular flexibility index (Phi) is 2.58. The Morgan fingerprint density at radius 1 is 1.28 bits per heavy atom. The van der Waals surface area contributed by atoms with Crippen LogP contribution in [0.3, 0.4) is 0 Å². The van der Waals surface area contributed by atoms with Crippen molar-refractivity contribution in [3.63, 3.8) is 0 Å². The number of aliphatic hydroxyl groups is 1. The first-order valence-corrected chi connectivity index (χ1v) is 5.27. The highest BCUT2D eigenvalue weighted by atomic mass is 16.5. The summed E-state index contributed by atoms with van der Waals surface area (Å²) >= 11 is 0. The van der Waals surface area contributed by atoms with E-state index in [2.05, 4.69) is 20.7 Å². The first-order valence-electron chi connectivity index (χ1n) is 5.27. The fraction of sp³-hybridized carbons (Fsp3) is 0.0909. The Hall–Kier alpha value is -2.54. The molecular weight excluding hydrogens is 234 g/mol. The maximum absolute atomic E-state index is 8.95. The molecule has 7 heteroatoms. The van der Waals surface area contributed by atoms with Gasteiger partial charge in [0.2, 0.25) is 0 Å². The normalized spacial score (nSPS) is 10.7. The molecule has 0 fully saturated rings. The molecular formula is C11H9N5O2. The number of tetrazole rings is 1. The Labute approximate surface area is 102 Å². The average molecular weight is 243 g/mol. The average Bonchev–Trinajstić information content (AvgIpc) is 3.10. The highest BCUT2D eigenvalue weighted by Gasteiger charge is 2.07. The number of aliphatic hydroxyl groups excluding tert-OH is 1. The summed E-state index contributed by atoms with van der Waals surface area (Å²) in [4.78, 5) is 0. The van der Waals surface area contributed by atoms with Crippen LogP contribution >= 0.6 is 0 Å². The number of aromatic nitrogens is 5. The summed E-state index contributed by atoms with van der Waals surface area (Å²) in [6.45, 7) is -0.143. The quantitative estimate of drug-likeness (QED) is 0.732. The van der Waals surface area contributed by atoms with Gasteiger partial charge in [0.05, 0.1) is 12.3 Å². The molecule has 0 atom stereocenters. The molecule has 0 aliphatic heterocycles. The van der Waals surface area contributed by atoms with Gasteiger partial charge >= 0.3 is 0 Å². The molecule has 0 bridgehead atoms. The zero-order valence-electron chi connectivity index (χ0n) is 9.26. The lowest BCUT2D eigenvalue weighted by atomic mass is 10.1. The van der Waals surface area contributed by atoms with E-state index in [0.29, 0.717) is 11.5 Å². The second-order valence-corrected chi connectivity index (χ2v) is 3.65. The molecule has 0 radical (unpaired) electrons. The van der Waals surface area contributed by atoms with Crippen LogP contribution in [0.15, 0.2) is 41.2 Å². The number of rotatable bonds is 3. The largest absolute Gasteiger partial charge is 0.390 e. The zero-order chi connectivity index (χ0) is 12.4. The van der Waals surface area contributed by atoms with E-state index in [9.17, 15) is 0 Å². The molecule has 1 N–H and O–H groups in total. The molecule has 1 aromatic carbocycles. The maximum atomic E-state index is 8.95. The van der Waals surface area contributed by atoms with Crippen molar-refractivity contribution in [2.75, 3.05) is 0 Å². The van der Waals surface area contributed by atoms with Crippen molar-refractivity contribution in [1.29, 1.82) is 0 Å². The van der Waals surface area contributed by atoms with Crippen molar-refractivity contribution < 1.29 is 9.63 Å². The third kappa shape index (κ3) is 1.87. The van der Waals surface area contributed by atoms with Gasteiger partial charge in [0, 0.05) is 11.6 Å². The van der Waals surface area contributed by atoms with Crippen molar-refractivity contribution in [3.05, 3.63) is 42.4 Å². The topological polar surface area (TPSA) is 89.9 Å². The molecule has 0 saturated heterocycles. The molecule has 0 spiro atoms. The van der Waals surface area contributed by atoms with Gasteiger partial charge in [-0.15, -0.1) is 5.10 Å². The minimum atomic E-state index is -0.143. The summed E-state index contributed by atoms with van der Waals surface area (Å²) in [5.41, 5.74) is 2.16. The number of hydrogen-bond acceptors (Lipinski definition) is 6. The second-order valence-electron chi connectivity index (χ2n) is 3.65. The molecule has 3 aromatic rings. The molecule has 2 aromatic heterocycles. The van der Waals surface area contributed by atoms with Crippen LogP contribution in [0.2, 0.25) is 0 Å². The van der Waals surface area contributed by atoms with Crippen LogP contribution in [0.5, 0.6) is 0 Å². The van der Waals surface area contributed by atoms with Crippen molar-refractivity contribution >= 4 is 0 Å². The highest BCUT2D eigenvalue weighted by molar-refractivity contribution is 5.60. The van der Waals surface area contributed by atoms with E-state index in [4.69, 9.17) is 9.63 Å². The Balaban J connectivity index is 2.00. The maximum Gasteiger partial charge on any atom is 0.167 e. The standard InChI is InChI=1S/C11H9N5O2/c17-6-9-5-11(18-13-9)8-2-1-3-10(4-8)16-7-12-14-15-16/h1-5,7,17H,6H2. The fourth-order valence-corrected chi connectivity index (χ4v) is 1.60. The Morgan fingerprint density at radius 3 is 2.94 bits per heavy atom.